The summed E-state index contributed by atoms with van der Waals surface area (Å²) in [6.07, 6.45) is 0. The SMILES string of the molecule is CC(=O)[O-].O=C([O-])c1ccc(C(=O)[O-])c(C(=O)[O-])c1. The normalized spacial score (nSPS) is 8.89. The van der Waals surface area contributed by atoms with Crippen molar-refractivity contribution in [3.63, 3.8) is 0 Å². The van der Waals surface area contributed by atoms with Gasteiger partial charge in [-0.1, -0.05) is 12.1 Å². The third kappa shape index (κ3) is 5.31. The molecular weight excluding hydrogens is 260 g/mol. The fraction of sp³-hybridized carbons (Fsp3) is 0.0909. The van der Waals surface area contributed by atoms with Gasteiger partial charge in [-0.2, -0.15) is 0 Å². The Morgan fingerprint density at radius 3 is 1.53 bits per heavy atom. The molecule has 0 aromatic heterocycles. The van der Waals surface area contributed by atoms with E-state index in [4.69, 9.17) is 9.90 Å². The third-order valence-corrected chi connectivity index (χ3v) is 1.70. The van der Waals surface area contributed by atoms with Crippen LogP contribution in [0.5, 0.6) is 0 Å². The minimum absolute atomic E-state index is 0.445. The molecule has 0 saturated heterocycles. The Labute approximate surface area is 106 Å². The van der Waals surface area contributed by atoms with Gasteiger partial charge in [0, 0.05) is 17.1 Å². The van der Waals surface area contributed by atoms with Crippen molar-refractivity contribution in [2.75, 3.05) is 0 Å². The highest BCUT2D eigenvalue weighted by Gasteiger charge is 2.06. The fourth-order valence-corrected chi connectivity index (χ4v) is 1.02. The topological polar surface area (TPSA) is 161 Å². The molecule has 0 aliphatic heterocycles. The van der Waals surface area contributed by atoms with Gasteiger partial charge < -0.3 is 39.6 Å². The smallest absolute Gasteiger partial charge is 0.0722 e. The van der Waals surface area contributed by atoms with E-state index in [2.05, 4.69) is 0 Å². The predicted octanol–water partition coefficient (Wildman–Crippen LogP) is -4.47. The lowest BCUT2D eigenvalue weighted by atomic mass is 10.0. The van der Waals surface area contributed by atoms with E-state index >= 15 is 0 Å². The summed E-state index contributed by atoms with van der Waals surface area (Å²) in [7, 11) is 0. The first-order valence-corrected chi connectivity index (χ1v) is 4.62. The van der Waals surface area contributed by atoms with Crippen LogP contribution in [0.25, 0.3) is 0 Å². The van der Waals surface area contributed by atoms with Crippen molar-refractivity contribution < 1.29 is 39.6 Å². The lowest BCUT2D eigenvalue weighted by Gasteiger charge is -2.13. The molecule has 102 valence electrons. The number of hydrogen-bond donors (Lipinski definition) is 0. The van der Waals surface area contributed by atoms with Gasteiger partial charge in [-0.15, -0.1) is 0 Å². The molecule has 0 saturated carbocycles. The average Bonchev–Trinajstić information content (AvgIpc) is 2.27. The van der Waals surface area contributed by atoms with E-state index in [0.29, 0.717) is 6.07 Å². The van der Waals surface area contributed by atoms with Crippen LogP contribution in [-0.2, 0) is 4.79 Å². The van der Waals surface area contributed by atoms with Crippen LogP contribution < -0.4 is 20.4 Å². The van der Waals surface area contributed by atoms with Gasteiger partial charge in [-0.25, -0.2) is 0 Å². The summed E-state index contributed by atoms with van der Waals surface area (Å²) < 4.78 is 0. The quantitative estimate of drug-likeness (QED) is 0.529. The van der Waals surface area contributed by atoms with E-state index in [1.54, 1.807) is 0 Å². The summed E-state index contributed by atoms with van der Waals surface area (Å²) in [6.45, 7) is 0.972. The Hall–Kier alpha value is -2.90. The lowest BCUT2D eigenvalue weighted by Crippen LogP contribution is -2.31. The van der Waals surface area contributed by atoms with Crippen LogP contribution in [0.4, 0.5) is 0 Å². The molecule has 0 atom stereocenters. The van der Waals surface area contributed by atoms with E-state index in [9.17, 15) is 29.7 Å². The number of aromatic carboxylic acids is 3. The van der Waals surface area contributed by atoms with Gasteiger partial charge in [0.05, 0.1) is 17.9 Å². The minimum Gasteiger partial charge on any atom is -0.550 e. The summed E-state index contributed by atoms with van der Waals surface area (Å²) >= 11 is 0. The Balaban J connectivity index is 0.000000711. The molecule has 0 heterocycles. The molecule has 0 aliphatic rings. The maximum atomic E-state index is 10.5. The van der Waals surface area contributed by atoms with Crippen molar-refractivity contribution in [2.45, 2.75) is 6.92 Å². The van der Waals surface area contributed by atoms with Crippen molar-refractivity contribution in [2.24, 2.45) is 0 Å². The summed E-state index contributed by atoms with van der Waals surface area (Å²) in [5.74, 6) is -6.21. The second-order valence-electron chi connectivity index (χ2n) is 3.11. The van der Waals surface area contributed by atoms with Crippen molar-refractivity contribution in [1.82, 2.24) is 0 Å². The van der Waals surface area contributed by atoms with Crippen LogP contribution in [0.15, 0.2) is 18.2 Å². The van der Waals surface area contributed by atoms with Gasteiger partial charge in [0.15, 0.2) is 0 Å². The molecular formula is C11H6O8-4. The van der Waals surface area contributed by atoms with Crippen LogP contribution in [0.3, 0.4) is 0 Å². The highest BCUT2D eigenvalue weighted by molar-refractivity contribution is 6.02. The Morgan fingerprint density at radius 1 is 0.789 bits per heavy atom. The number of carbonyl (C=O) groups excluding carboxylic acids is 4. The van der Waals surface area contributed by atoms with Crippen molar-refractivity contribution in [3.8, 4) is 0 Å². The largest absolute Gasteiger partial charge is 0.550 e. The number of benzene rings is 1. The highest BCUT2D eigenvalue weighted by atomic mass is 16.4. The maximum Gasteiger partial charge on any atom is 0.0722 e. The van der Waals surface area contributed by atoms with Crippen LogP contribution >= 0.6 is 0 Å². The predicted molar refractivity (Wildman–Crippen MR) is 50.1 cm³/mol. The molecule has 1 aromatic carbocycles. The molecule has 0 bridgehead atoms. The molecule has 8 nitrogen and oxygen atoms in total. The summed E-state index contributed by atoms with van der Waals surface area (Å²) in [4.78, 5) is 40.2. The van der Waals surface area contributed by atoms with Gasteiger partial charge in [0.25, 0.3) is 0 Å². The molecule has 0 aliphatic carbocycles. The van der Waals surface area contributed by atoms with Crippen LogP contribution in [0.1, 0.15) is 38.0 Å². The summed E-state index contributed by atoms with van der Waals surface area (Å²) in [5, 5.41) is 40.2. The van der Waals surface area contributed by atoms with Crippen molar-refractivity contribution in [1.29, 1.82) is 0 Å². The number of hydrogen-bond acceptors (Lipinski definition) is 8. The Bertz CT molecular complexity index is 527. The van der Waals surface area contributed by atoms with Crippen LogP contribution in [0, 0.1) is 0 Å². The fourth-order valence-electron chi connectivity index (χ4n) is 1.02. The lowest BCUT2D eigenvalue weighted by molar-refractivity contribution is -0.302. The third-order valence-electron chi connectivity index (χ3n) is 1.70. The monoisotopic (exact) mass is 266 g/mol. The molecule has 8 heteroatoms. The molecule has 1 rings (SSSR count). The molecule has 0 radical (unpaired) electrons. The maximum absolute atomic E-state index is 10.5. The van der Waals surface area contributed by atoms with Gasteiger partial charge in [-0.3, -0.25) is 0 Å². The van der Waals surface area contributed by atoms with Crippen molar-refractivity contribution >= 4 is 23.9 Å². The summed E-state index contributed by atoms with van der Waals surface area (Å²) in [5.41, 5.74) is -1.84. The van der Waals surface area contributed by atoms with Gasteiger partial charge in [0.1, 0.15) is 0 Å². The van der Waals surface area contributed by atoms with E-state index in [1.807, 2.05) is 0 Å². The van der Waals surface area contributed by atoms with E-state index in [0.717, 1.165) is 19.1 Å². The zero-order valence-corrected chi connectivity index (χ0v) is 9.50. The number of carbonyl (C=O) groups is 4. The first-order chi connectivity index (χ1) is 8.66. The van der Waals surface area contributed by atoms with E-state index in [-0.39, 0.29) is 0 Å². The minimum atomic E-state index is -1.79. The van der Waals surface area contributed by atoms with Crippen LogP contribution in [-0.4, -0.2) is 23.9 Å². The zero-order chi connectivity index (χ0) is 15.2. The molecule has 0 spiro atoms. The number of carboxylic acids is 4. The van der Waals surface area contributed by atoms with Crippen LogP contribution in [0.2, 0.25) is 0 Å². The molecule has 0 fully saturated rings. The number of carboxylic acid groups (broad SMARTS) is 4. The molecule has 0 amide bonds. The molecule has 19 heavy (non-hydrogen) atoms. The second kappa shape index (κ2) is 6.74. The molecule has 1 aromatic rings. The Kier molecular flexibility index (Phi) is 5.71. The Morgan fingerprint density at radius 2 is 1.21 bits per heavy atom. The van der Waals surface area contributed by atoms with Gasteiger partial charge in [-0.05, 0) is 18.6 Å². The standard InChI is InChI=1S/C9H6O6.C2H4O2/c10-7(11)4-1-2-5(8(12)13)6(3-4)9(14)15;1-2(3)4/h1-3H,(H,10,11)(H,12,13)(H,14,15);1H3,(H,3,4)/p-4. The van der Waals surface area contributed by atoms with Crippen molar-refractivity contribution in [3.05, 3.63) is 34.9 Å². The molecule has 0 N–H and O–H groups in total. The number of aliphatic carboxylic acids is 1. The molecule has 0 unspecified atom stereocenters. The first kappa shape index (κ1) is 16.1. The first-order valence-electron chi connectivity index (χ1n) is 4.62. The van der Waals surface area contributed by atoms with Gasteiger partial charge >= 0.3 is 0 Å². The number of rotatable bonds is 3. The average molecular weight is 266 g/mol. The van der Waals surface area contributed by atoms with E-state index in [1.165, 1.54) is 0 Å². The zero-order valence-electron chi connectivity index (χ0n) is 9.50. The summed E-state index contributed by atoms with van der Waals surface area (Å²) in [6, 6.07) is 2.37. The van der Waals surface area contributed by atoms with E-state index < -0.39 is 40.6 Å². The highest BCUT2D eigenvalue weighted by Crippen LogP contribution is 2.10. The van der Waals surface area contributed by atoms with Gasteiger partial charge in [0.2, 0.25) is 0 Å². The second-order valence-corrected chi connectivity index (χ2v) is 3.11.